The summed E-state index contributed by atoms with van der Waals surface area (Å²) in [5.74, 6) is 0.552. The fourth-order valence-electron chi connectivity index (χ4n) is 2.27. The lowest BCUT2D eigenvalue weighted by Crippen LogP contribution is -2.46. The number of nitrogens with zero attached hydrogens (tertiary/aromatic N) is 3. The van der Waals surface area contributed by atoms with Gasteiger partial charge in [0.1, 0.15) is 0 Å². The lowest BCUT2D eigenvalue weighted by molar-refractivity contribution is 0.140. The molecule has 5 heteroatoms. The second-order valence-corrected chi connectivity index (χ2v) is 6.11. The monoisotopic (exact) mass is 257 g/mol. The molecule has 1 aliphatic rings. The maximum absolute atomic E-state index is 12.0. The van der Waals surface area contributed by atoms with E-state index in [1.54, 1.807) is 6.92 Å². The zero-order valence-electron chi connectivity index (χ0n) is 12.3. The topological polar surface area (TPSA) is 38.1 Å². The van der Waals surface area contributed by atoms with Crippen LogP contribution in [0.3, 0.4) is 0 Å². The fourth-order valence-corrected chi connectivity index (χ4v) is 2.27. The Morgan fingerprint density at radius 2 is 2.11 bits per heavy atom. The number of rotatable bonds is 1. The molecular formula is C14H20BN3O. The van der Waals surface area contributed by atoms with E-state index in [0.717, 1.165) is 16.6 Å². The molecule has 1 aromatic heterocycles. The highest BCUT2D eigenvalue weighted by atomic mass is 16.1. The third-order valence-electron chi connectivity index (χ3n) is 3.85. The zero-order valence-corrected chi connectivity index (χ0v) is 12.3. The van der Waals surface area contributed by atoms with Crippen molar-refractivity contribution in [2.75, 3.05) is 7.05 Å². The molecule has 0 saturated carbocycles. The van der Waals surface area contributed by atoms with Crippen molar-refractivity contribution in [3.05, 3.63) is 33.5 Å². The largest absolute Gasteiger partial charge is 0.354 e. The Hall–Kier alpha value is -1.36. The van der Waals surface area contributed by atoms with E-state index in [0.29, 0.717) is 11.4 Å². The first-order valence-electron chi connectivity index (χ1n) is 6.50. The molecule has 0 N–H and O–H groups in total. The number of hydrogen-bond donors (Lipinski definition) is 0. The predicted octanol–water partition coefficient (Wildman–Crippen LogP) is 1.15. The molecule has 0 aliphatic heterocycles. The highest BCUT2D eigenvalue weighted by Crippen LogP contribution is 2.23. The maximum atomic E-state index is 12.0. The van der Waals surface area contributed by atoms with E-state index in [4.69, 9.17) is 7.98 Å². The third kappa shape index (κ3) is 2.52. The van der Waals surface area contributed by atoms with Crippen molar-refractivity contribution in [1.29, 1.82) is 0 Å². The van der Waals surface area contributed by atoms with Crippen LogP contribution in [0.5, 0.6) is 0 Å². The first-order chi connectivity index (χ1) is 8.71. The van der Waals surface area contributed by atoms with Gasteiger partial charge in [0.05, 0.1) is 17.1 Å². The van der Waals surface area contributed by atoms with Crippen molar-refractivity contribution in [3.63, 3.8) is 0 Å². The van der Waals surface area contributed by atoms with Crippen LogP contribution in [0.2, 0.25) is 0 Å². The Morgan fingerprint density at radius 3 is 2.68 bits per heavy atom. The average Bonchev–Trinajstić information content (AvgIpc) is 2.33. The van der Waals surface area contributed by atoms with Crippen LogP contribution in [0.4, 0.5) is 0 Å². The average molecular weight is 257 g/mol. The molecule has 0 spiro atoms. The number of likely N-dealkylation sites (N-methyl/N-ethyl adjacent to an activating group) is 1. The highest BCUT2D eigenvalue weighted by Gasteiger charge is 2.27. The molecule has 19 heavy (non-hydrogen) atoms. The molecule has 1 aromatic rings. The predicted molar refractivity (Wildman–Crippen MR) is 78.4 cm³/mol. The summed E-state index contributed by atoms with van der Waals surface area (Å²) in [6.07, 6.45) is 4.66. The van der Waals surface area contributed by atoms with Gasteiger partial charge in [-0.05, 0) is 34.7 Å². The highest BCUT2D eigenvalue weighted by molar-refractivity contribution is 6.06. The molecule has 1 heterocycles. The third-order valence-corrected chi connectivity index (χ3v) is 3.85. The minimum absolute atomic E-state index is 0.0738. The minimum atomic E-state index is -0.171. The van der Waals surface area contributed by atoms with Crippen molar-refractivity contribution in [2.45, 2.75) is 45.7 Å². The van der Waals surface area contributed by atoms with Gasteiger partial charge in [-0.25, -0.2) is 4.98 Å². The van der Waals surface area contributed by atoms with Crippen LogP contribution >= 0.6 is 0 Å². The van der Waals surface area contributed by atoms with Gasteiger partial charge in [0, 0.05) is 18.0 Å². The Bertz CT molecular complexity index is 584. The van der Waals surface area contributed by atoms with E-state index in [1.165, 1.54) is 0 Å². The van der Waals surface area contributed by atoms with Crippen LogP contribution in [0.25, 0.3) is 6.08 Å². The molecule has 2 rings (SSSR count). The summed E-state index contributed by atoms with van der Waals surface area (Å²) in [6, 6.07) is 0.257. The van der Waals surface area contributed by atoms with Gasteiger partial charge in [-0.15, -0.1) is 0 Å². The second-order valence-electron chi connectivity index (χ2n) is 6.11. The van der Waals surface area contributed by atoms with Crippen molar-refractivity contribution in [3.8, 4) is 0 Å². The molecule has 1 atom stereocenters. The summed E-state index contributed by atoms with van der Waals surface area (Å²) in [7, 11) is 7.76. The van der Waals surface area contributed by atoms with Crippen molar-refractivity contribution in [1.82, 2.24) is 14.4 Å². The summed E-state index contributed by atoms with van der Waals surface area (Å²) in [6.45, 7) is 8.27. The molecule has 1 unspecified atom stereocenters. The second kappa shape index (κ2) is 4.64. The fraction of sp³-hybridized carbons (Fsp3) is 0.571. The van der Waals surface area contributed by atoms with Crippen LogP contribution in [0.15, 0.2) is 10.9 Å². The van der Waals surface area contributed by atoms with Gasteiger partial charge in [0.2, 0.25) is 13.5 Å². The van der Waals surface area contributed by atoms with Gasteiger partial charge in [0.25, 0.3) is 0 Å². The normalized spacial score (nSPS) is 18.7. The number of aromatic nitrogens is 2. The van der Waals surface area contributed by atoms with E-state index >= 15 is 0 Å². The lowest BCUT2D eigenvalue weighted by Gasteiger charge is -2.38. The molecule has 2 radical (unpaired) electrons. The summed E-state index contributed by atoms with van der Waals surface area (Å²) in [4.78, 5) is 18.8. The van der Waals surface area contributed by atoms with E-state index in [1.807, 2.05) is 6.08 Å². The van der Waals surface area contributed by atoms with Gasteiger partial charge >= 0.3 is 0 Å². The summed E-state index contributed by atoms with van der Waals surface area (Å²) in [5.41, 5.74) is 1.36. The van der Waals surface area contributed by atoms with Gasteiger partial charge in [-0.3, -0.25) is 9.69 Å². The van der Waals surface area contributed by atoms with Crippen molar-refractivity contribution in [2.24, 2.45) is 0 Å². The molecule has 4 nitrogen and oxygen atoms in total. The molecule has 100 valence electrons. The van der Waals surface area contributed by atoms with Crippen LogP contribution < -0.4 is 5.56 Å². The van der Waals surface area contributed by atoms with Crippen molar-refractivity contribution < 1.29 is 0 Å². The minimum Gasteiger partial charge on any atom is -0.354 e. The first-order valence-corrected chi connectivity index (χ1v) is 6.50. The van der Waals surface area contributed by atoms with Gasteiger partial charge in [-0.2, -0.15) is 0 Å². The summed E-state index contributed by atoms with van der Waals surface area (Å²) in [5, 5.41) is 0. The molecule has 1 aliphatic carbocycles. The molecule has 0 fully saturated rings. The lowest BCUT2D eigenvalue weighted by atomic mass is 9.95. The first kappa shape index (κ1) is 14.1. The van der Waals surface area contributed by atoms with Crippen LogP contribution in [0.1, 0.15) is 37.9 Å². The standard InChI is InChI=1S/C14H20BN3O/c1-9-16-12-8-10(17(5)14(2,3)4)6-7-11(12)13(19)18(9)15/h6-7,10H,8H2,1-5H3. The van der Waals surface area contributed by atoms with Crippen molar-refractivity contribution >= 4 is 14.1 Å². The molecule has 0 saturated heterocycles. The number of fused-ring (bicyclic) bond motifs is 1. The smallest absolute Gasteiger partial charge is 0.247 e. The van der Waals surface area contributed by atoms with E-state index in [9.17, 15) is 4.79 Å². The Labute approximate surface area is 115 Å². The van der Waals surface area contributed by atoms with E-state index < -0.39 is 0 Å². The zero-order chi connectivity index (χ0) is 14.4. The van der Waals surface area contributed by atoms with Gasteiger partial charge in [-0.1, -0.05) is 12.2 Å². The van der Waals surface area contributed by atoms with Crippen LogP contribution in [0, 0.1) is 6.92 Å². The Morgan fingerprint density at radius 1 is 1.47 bits per heavy atom. The van der Waals surface area contributed by atoms with Gasteiger partial charge < -0.3 is 4.48 Å². The molecule has 0 aromatic carbocycles. The molecule has 0 bridgehead atoms. The quantitative estimate of drug-likeness (QED) is 0.708. The van der Waals surface area contributed by atoms with Gasteiger partial charge in [0.15, 0.2) is 0 Å². The Kier molecular flexibility index (Phi) is 3.43. The maximum Gasteiger partial charge on any atom is 0.247 e. The Balaban J connectivity index is 2.40. The van der Waals surface area contributed by atoms with Crippen LogP contribution in [-0.4, -0.2) is 41.0 Å². The van der Waals surface area contributed by atoms with E-state index in [2.05, 4.69) is 43.8 Å². The summed E-state index contributed by atoms with van der Waals surface area (Å²) >= 11 is 0. The van der Waals surface area contributed by atoms with E-state index in [-0.39, 0.29) is 17.1 Å². The number of hydrogen-bond acceptors (Lipinski definition) is 3. The van der Waals surface area contributed by atoms with Crippen LogP contribution in [-0.2, 0) is 6.42 Å². The number of aryl methyl sites for hydroxylation is 1. The SMILES string of the molecule is [B]n1c(C)nc2c(c1=O)C=CC(N(C)C(C)(C)C)C2. The molecular weight excluding hydrogens is 237 g/mol. The molecule has 0 amide bonds. The summed E-state index contributed by atoms with van der Waals surface area (Å²) < 4.78 is 1.11.